The largest absolute Gasteiger partial charge is 0.466 e. The molecule has 1 aliphatic rings. The van der Waals surface area contributed by atoms with E-state index in [4.69, 9.17) is 14.7 Å². The van der Waals surface area contributed by atoms with Crippen molar-refractivity contribution in [2.24, 2.45) is 5.92 Å². The Morgan fingerprint density at radius 1 is 1.57 bits per heavy atom. The number of hydrogen-bond donors (Lipinski definition) is 1. The summed E-state index contributed by atoms with van der Waals surface area (Å²) in [7, 11) is 1.11. The number of nitriles is 1. The predicted octanol–water partition coefficient (Wildman–Crippen LogP) is -0.00112. The fourth-order valence-corrected chi connectivity index (χ4v) is 1.98. The molecule has 0 aromatic carbocycles. The van der Waals surface area contributed by atoms with E-state index in [1.165, 1.54) is 13.0 Å². The first-order valence-electron chi connectivity index (χ1n) is 6.23. The molecule has 0 saturated carbocycles. The number of rotatable bonds is 4. The molecule has 1 amide bonds. The first kappa shape index (κ1) is 16.5. The van der Waals surface area contributed by atoms with E-state index in [0.29, 0.717) is 0 Å². The molecule has 0 fully saturated rings. The topological polar surface area (TPSA) is 115 Å². The number of carbonyl (C=O) groups is 3. The highest BCUT2D eigenvalue weighted by molar-refractivity contribution is 5.87. The van der Waals surface area contributed by atoms with E-state index in [2.05, 4.69) is 10.1 Å². The molecule has 8 nitrogen and oxygen atoms in total. The third-order valence-corrected chi connectivity index (χ3v) is 2.74. The molecule has 0 aromatic heterocycles. The SMILES string of the molecule is CCOC(=O)[C@@H]1C=C(C#N)O[C@@](NC(C)=O)(C(=O)OC)C1. The van der Waals surface area contributed by atoms with Gasteiger partial charge in [0.2, 0.25) is 5.91 Å². The molecule has 1 heterocycles. The molecule has 21 heavy (non-hydrogen) atoms. The number of amides is 1. The van der Waals surface area contributed by atoms with E-state index >= 15 is 0 Å². The minimum atomic E-state index is -1.92. The van der Waals surface area contributed by atoms with Gasteiger partial charge in [0.25, 0.3) is 5.72 Å². The van der Waals surface area contributed by atoms with Gasteiger partial charge in [0.1, 0.15) is 6.07 Å². The van der Waals surface area contributed by atoms with Crippen molar-refractivity contribution >= 4 is 17.8 Å². The van der Waals surface area contributed by atoms with E-state index in [9.17, 15) is 14.4 Å². The monoisotopic (exact) mass is 296 g/mol. The maximum atomic E-state index is 12.0. The van der Waals surface area contributed by atoms with Crippen LogP contribution in [0.3, 0.4) is 0 Å². The minimum Gasteiger partial charge on any atom is -0.466 e. The number of nitrogens with zero attached hydrogens (tertiary/aromatic N) is 1. The van der Waals surface area contributed by atoms with Crippen LogP contribution in [-0.4, -0.2) is 37.3 Å². The lowest BCUT2D eigenvalue weighted by molar-refractivity contribution is -0.177. The number of esters is 2. The number of nitrogens with one attached hydrogen (secondary N) is 1. The molecule has 0 bridgehead atoms. The summed E-state index contributed by atoms with van der Waals surface area (Å²) in [5.74, 6) is -3.26. The van der Waals surface area contributed by atoms with E-state index < -0.39 is 29.5 Å². The van der Waals surface area contributed by atoms with E-state index in [0.717, 1.165) is 7.11 Å². The van der Waals surface area contributed by atoms with Gasteiger partial charge in [-0.25, -0.2) is 4.79 Å². The van der Waals surface area contributed by atoms with Crippen molar-refractivity contribution in [3.8, 4) is 6.07 Å². The van der Waals surface area contributed by atoms with Crippen LogP contribution >= 0.6 is 0 Å². The second-order valence-corrected chi connectivity index (χ2v) is 4.31. The van der Waals surface area contributed by atoms with E-state index in [1.54, 1.807) is 13.0 Å². The standard InChI is InChI=1S/C13H16N2O6/c1-4-20-11(17)9-5-10(7-14)21-13(6-9,12(18)19-3)15-8(2)16/h5,9H,4,6H2,1-3H3,(H,15,16)/t9-,13-/m1/s1. The zero-order chi connectivity index (χ0) is 16.0. The summed E-state index contributed by atoms with van der Waals surface area (Å²) in [6.45, 7) is 2.96. The Labute approximate surface area is 121 Å². The highest BCUT2D eigenvalue weighted by Crippen LogP contribution is 2.31. The molecule has 0 unspecified atom stereocenters. The Morgan fingerprint density at radius 3 is 2.71 bits per heavy atom. The highest BCUT2D eigenvalue weighted by Gasteiger charge is 2.49. The number of ether oxygens (including phenoxy) is 3. The Hall–Kier alpha value is -2.56. The van der Waals surface area contributed by atoms with Gasteiger partial charge in [-0.2, -0.15) is 5.26 Å². The minimum absolute atomic E-state index is 0.150. The average molecular weight is 296 g/mol. The highest BCUT2D eigenvalue weighted by atomic mass is 16.6. The van der Waals surface area contributed by atoms with Crippen LogP contribution in [0.25, 0.3) is 0 Å². The Morgan fingerprint density at radius 2 is 2.24 bits per heavy atom. The summed E-state index contributed by atoms with van der Waals surface area (Å²) in [5.41, 5.74) is -1.92. The van der Waals surface area contributed by atoms with Crippen molar-refractivity contribution < 1.29 is 28.6 Å². The Bertz CT molecular complexity index is 521. The van der Waals surface area contributed by atoms with Crippen molar-refractivity contribution in [2.75, 3.05) is 13.7 Å². The van der Waals surface area contributed by atoms with Gasteiger partial charge in [-0.3, -0.25) is 9.59 Å². The fraction of sp³-hybridized carbons (Fsp3) is 0.538. The molecule has 114 valence electrons. The van der Waals surface area contributed by atoms with Crippen molar-refractivity contribution in [1.82, 2.24) is 5.32 Å². The lowest BCUT2D eigenvalue weighted by Crippen LogP contribution is -2.59. The third-order valence-electron chi connectivity index (χ3n) is 2.74. The second kappa shape index (κ2) is 6.74. The van der Waals surface area contributed by atoms with Crippen LogP contribution in [0.2, 0.25) is 0 Å². The number of hydrogen-bond acceptors (Lipinski definition) is 7. The molecule has 8 heteroatoms. The number of allylic oxidation sites excluding steroid dienone is 1. The molecule has 0 spiro atoms. The zero-order valence-corrected chi connectivity index (χ0v) is 12.0. The first-order valence-corrected chi connectivity index (χ1v) is 6.23. The molecule has 0 saturated heterocycles. The molecule has 0 aromatic rings. The molecule has 0 radical (unpaired) electrons. The van der Waals surface area contributed by atoms with Crippen LogP contribution in [0.5, 0.6) is 0 Å². The Balaban J connectivity index is 3.19. The van der Waals surface area contributed by atoms with Gasteiger partial charge in [0, 0.05) is 13.3 Å². The molecule has 0 aliphatic carbocycles. The molecular weight excluding hydrogens is 280 g/mol. The van der Waals surface area contributed by atoms with Crippen LogP contribution in [0.15, 0.2) is 11.8 Å². The van der Waals surface area contributed by atoms with Gasteiger partial charge in [-0.15, -0.1) is 0 Å². The first-order chi connectivity index (χ1) is 9.88. The summed E-state index contributed by atoms with van der Waals surface area (Å²) in [6.07, 6.45) is 1.03. The van der Waals surface area contributed by atoms with Gasteiger partial charge >= 0.3 is 11.9 Å². The lowest BCUT2D eigenvalue weighted by atomic mass is 9.93. The average Bonchev–Trinajstić information content (AvgIpc) is 2.45. The van der Waals surface area contributed by atoms with Crippen LogP contribution in [0.1, 0.15) is 20.3 Å². The lowest BCUT2D eigenvalue weighted by Gasteiger charge is -2.36. The summed E-state index contributed by atoms with van der Waals surface area (Å²) in [6, 6.07) is 1.71. The normalized spacial score (nSPS) is 23.9. The van der Waals surface area contributed by atoms with Crippen molar-refractivity contribution in [2.45, 2.75) is 26.0 Å². The van der Waals surface area contributed by atoms with E-state index in [-0.39, 0.29) is 18.8 Å². The predicted molar refractivity (Wildman–Crippen MR) is 68.1 cm³/mol. The van der Waals surface area contributed by atoms with Gasteiger partial charge in [0.05, 0.1) is 19.6 Å². The quantitative estimate of drug-likeness (QED) is 0.726. The van der Waals surface area contributed by atoms with Gasteiger partial charge in [-0.05, 0) is 13.0 Å². The van der Waals surface area contributed by atoms with Crippen molar-refractivity contribution in [3.63, 3.8) is 0 Å². The number of methoxy groups -OCH3 is 1. The fourth-order valence-electron chi connectivity index (χ4n) is 1.98. The summed E-state index contributed by atoms with van der Waals surface area (Å²) in [5, 5.41) is 11.3. The zero-order valence-electron chi connectivity index (χ0n) is 12.0. The summed E-state index contributed by atoms with van der Waals surface area (Å²) >= 11 is 0. The summed E-state index contributed by atoms with van der Waals surface area (Å²) in [4.78, 5) is 35.1. The summed E-state index contributed by atoms with van der Waals surface area (Å²) < 4.78 is 14.7. The van der Waals surface area contributed by atoms with Crippen molar-refractivity contribution in [1.29, 1.82) is 5.26 Å². The smallest absolute Gasteiger partial charge is 0.372 e. The van der Waals surface area contributed by atoms with Gasteiger partial charge in [-0.1, -0.05) is 0 Å². The molecule has 1 aliphatic heterocycles. The molecular formula is C13H16N2O6. The van der Waals surface area contributed by atoms with E-state index in [1.807, 2.05) is 0 Å². The van der Waals surface area contributed by atoms with Crippen LogP contribution in [-0.2, 0) is 28.6 Å². The maximum Gasteiger partial charge on any atom is 0.372 e. The molecule has 1 rings (SSSR count). The second-order valence-electron chi connectivity index (χ2n) is 4.31. The van der Waals surface area contributed by atoms with Gasteiger partial charge < -0.3 is 19.5 Å². The molecule has 2 atom stereocenters. The van der Waals surface area contributed by atoms with Crippen LogP contribution in [0.4, 0.5) is 0 Å². The maximum absolute atomic E-state index is 12.0. The number of carbonyl (C=O) groups excluding carboxylic acids is 3. The third kappa shape index (κ3) is 3.72. The van der Waals surface area contributed by atoms with Crippen LogP contribution < -0.4 is 5.32 Å². The molecule has 1 N–H and O–H groups in total. The Kier molecular flexibility index (Phi) is 5.30. The van der Waals surface area contributed by atoms with Gasteiger partial charge in [0.15, 0.2) is 5.76 Å². The van der Waals surface area contributed by atoms with Crippen molar-refractivity contribution in [3.05, 3.63) is 11.8 Å². The van der Waals surface area contributed by atoms with Crippen LogP contribution in [0, 0.1) is 17.2 Å².